The lowest BCUT2D eigenvalue weighted by Crippen LogP contribution is -2.44. The average molecular weight is 299 g/mol. The van der Waals surface area contributed by atoms with Gasteiger partial charge in [-0.3, -0.25) is 14.9 Å². The lowest BCUT2D eigenvalue weighted by Gasteiger charge is -2.31. The minimum atomic E-state index is -1.07. The van der Waals surface area contributed by atoms with Crippen LogP contribution in [0.15, 0.2) is 18.2 Å². The molecule has 2 aliphatic heterocycles. The van der Waals surface area contributed by atoms with Crippen molar-refractivity contribution >= 4 is 11.8 Å². The van der Waals surface area contributed by atoms with Crippen LogP contribution in [0.1, 0.15) is 36.0 Å². The SMILES string of the molecule is O=C1NC(=O)C23CCCCc4cccc(c42)C2(OCCO2)C13. The number of ether oxygens (including phenoxy) is 2. The molecule has 0 bridgehead atoms. The molecule has 2 heterocycles. The van der Waals surface area contributed by atoms with Crippen molar-refractivity contribution < 1.29 is 19.1 Å². The minimum absolute atomic E-state index is 0.172. The molecule has 0 aromatic heterocycles. The maximum atomic E-state index is 12.8. The quantitative estimate of drug-likeness (QED) is 0.730. The Morgan fingerprint density at radius 1 is 1.14 bits per heavy atom. The van der Waals surface area contributed by atoms with Crippen LogP contribution in [-0.4, -0.2) is 25.0 Å². The van der Waals surface area contributed by atoms with Gasteiger partial charge in [-0.25, -0.2) is 0 Å². The fourth-order valence-electron chi connectivity index (χ4n) is 5.04. The van der Waals surface area contributed by atoms with E-state index in [1.807, 2.05) is 12.1 Å². The highest BCUT2D eigenvalue weighted by molar-refractivity contribution is 6.12. The highest BCUT2D eigenvalue weighted by Crippen LogP contribution is 2.62. The highest BCUT2D eigenvalue weighted by atomic mass is 16.7. The number of fused-ring (bicyclic) bond motifs is 2. The molecular weight excluding hydrogens is 282 g/mol. The van der Waals surface area contributed by atoms with E-state index in [1.165, 1.54) is 5.56 Å². The van der Waals surface area contributed by atoms with Crippen molar-refractivity contribution in [1.29, 1.82) is 0 Å². The van der Waals surface area contributed by atoms with Gasteiger partial charge in [0.2, 0.25) is 17.6 Å². The predicted octanol–water partition coefficient (Wildman–Crippen LogP) is 1.14. The van der Waals surface area contributed by atoms with E-state index in [4.69, 9.17) is 9.47 Å². The second-order valence-corrected chi connectivity index (χ2v) is 6.63. The van der Waals surface area contributed by atoms with Gasteiger partial charge in [0.25, 0.3) is 0 Å². The van der Waals surface area contributed by atoms with E-state index in [0.29, 0.717) is 19.6 Å². The summed E-state index contributed by atoms with van der Waals surface area (Å²) >= 11 is 0. The molecule has 2 aliphatic carbocycles. The number of nitrogens with one attached hydrogen (secondary N) is 1. The molecule has 1 N–H and O–H groups in total. The Morgan fingerprint density at radius 2 is 1.95 bits per heavy atom. The Balaban J connectivity index is 1.89. The third-order valence-electron chi connectivity index (χ3n) is 5.73. The summed E-state index contributed by atoms with van der Waals surface area (Å²) in [5, 5.41) is 2.55. The van der Waals surface area contributed by atoms with Crippen LogP contribution in [0, 0.1) is 5.92 Å². The van der Waals surface area contributed by atoms with Gasteiger partial charge >= 0.3 is 0 Å². The average Bonchev–Trinajstić information content (AvgIpc) is 3.09. The van der Waals surface area contributed by atoms with Gasteiger partial charge in [-0.1, -0.05) is 24.6 Å². The van der Waals surface area contributed by atoms with Gasteiger partial charge in [0, 0.05) is 5.56 Å². The largest absolute Gasteiger partial charge is 0.343 e. The second-order valence-electron chi connectivity index (χ2n) is 6.63. The van der Waals surface area contributed by atoms with Crippen molar-refractivity contribution in [3.05, 3.63) is 34.9 Å². The number of carbonyl (C=O) groups is 2. The number of benzene rings is 1. The molecule has 114 valence electrons. The molecule has 2 amide bonds. The van der Waals surface area contributed by atoms with Gasteiger partial charge in [-0.2, -0.15) is 0 Å². The summed E-state index contributed by atoms with van der Waals surface area (Å²) in [7, 11) is 0. The topological polar surface area (TPSA) is 64.6 Å². The predicted molar refractivity (Wildman–Crippen MR) is 75.9 cm³/mol. The normalized spacial score (nSPS) is 34.5. The summed E-state index contributed by atoms with van der Waals surface area (Å²) < 4.78 is 12.0. The molecule has 2 saturated heterocycles. The van der Waals surface area contributed by atoms with Crippen molar-refractivity contribution in [1.82, 2.24) is 5.32 Å². The maximum absolute atomic E-state index is 12.8. The van der Waals surface area contributed by atoms with Crippen LogP contribution in [0.2, 0.25) is 0 Å². The van der Waals surface area contributed by atoms with E-state index < -0.39 is 17.1 Å². The van der Waals surface area contributed by atoms with Crippen LogP contribution >= 0.6 is 0 Å². The zero-order valence-electron chi connectivity index (χ0n) is 12.2. The molecule has 22 heavy (non-hydrogen) atoms. The van der Waals surface area contributed by atoms with Crippen LogP contribution < -0.4 is 5.32 Å². The first-order chi connectivity index (χ1) is 10.7. The Morgan fingerprint density at radius 3 is 2.77 bits per heavy atom. The van der Waals surface area contributed by atoms with E-state index in [0.717, 1.165) is 30.4 Å². The Kier molecular flexibility index (Phi) is 2.31. The van der Waals surface area contributed by atoms with E-state index in [9.17, 15) is 9.59 Å². The molecule has 4 aliphatic rings. The van der Waals surface area contributed by atoms with Crippen molar-refractivity contribution in [2.75, 3.05) is 13.2 Å². The number of hydrogen-bond acceptors (Lipinski definition) is 4. The summed E-state index contributed by atoms with van der Waals surface area (Å²) in [4.78, 5) is 25.4. The van der Waals surface area contributed by atoms with Gasteiger partial charge in [0.1, 0.15) is 5.92 Å². The third-order valence-corrected chi connectivity index (χ3v) is 5.73. The van der Waals surface area contributed by atoms with Crippen LogP contribution in [-0.2, 0) is 36.7 Å². The number of aryl methyl sites for hydroxylation is 1. The molecular formula is C17H17NO4. The molecule has 5 nitrogen and oxygen atoms in total. The first-order valence-corrected chi connectivity index (χ1v) is 7.96. The first kappa shape index (κ1) is 12.8. The van der Waals surface area contributed by atoms with Gasteiger partial charge in [-0.05, 0) is 30.4 Å². The number of amides is 2. The maximum Gasteiger partial charge on any atom is 0.238 e. The fraction of sp³-hybridized carbons (Fsp3) is 0.529. The lowest BCUT2D eigenvalue weighted by molar-refractivity contribution is -0.204. The zero-order valence-corrected chi connectivity index (χ0v) is 12.2. The van der Waals surface area contributed by atoms with Crippen LogP contribution in [0.4, 0.5) is 0 Å². The minimum Gasteiger partial charge on any atom is -0.343 e. The number of imide groups is 1. The van der Waals surface area contributed by atoms with Crippen molar-refractivity contribution in [3.63, 3.8) is 0 Å². The second kappa shape index (κ2) is 3.97. The number of hydrogen-bond donors (Lipinski definition) is 1. The standard InChI is InChI=1S/C17H17NO4/c19-14-13-16(15(20)18-14)7-2-1-4-10-5-3-6-11(12(10)16)17(13)21-8-9-22-17/h3,5-6,13H,1-2,4,7-9H2,(H,18,19,20). The van der Waals surface area contributed by atoms with Crippen LogP contribution in [0.3, 0.4) is 0 Å². The first-order valence-electron chi connectivity index (χ1n) is 7.96. The summed E-state index contributed by atoms with van der Waals surface area (Å²) in [5.41, 5.74) is 2.27. The third kappa shape index (κ3) is 1.21. The van der Waals surface area contributed by atoms with Gasteiger partial charge in [-0.15, -0.1) is 0 Å². The molecule has 2 atom stereocenters. The Labute approximate surface area is 128 Å². The monoisotopic (exact) mass is 299 g/mol. The van der Waals surface area contributed by atoms with Gasteiger partial charge < -0.3 is 9.47 Å². The molecule has 2 spiro atoms. The molecule has 1 aromatic rings. The summed E-state index contributed by atoms with van der Waals surface area (Å²) in [5.74, 6) is -2.09. The highest BCUT2D eigenvalue weighted by Gasteiger charge is 2.73. The Bertz CT molecular complexity index is 707. The van der Waals surface area contributed by atoms with Gasteiger partial charge in [0.15, 0.2) is 0 Å². The van der Waals surface area contributed by atoms with E-state index >= 15 is 0 Å². The molecule has 0 radical (unpaired) electrons. The van der Waals surface area contributed by atoms with Crippen molar-refractivity contribution in [2.24, 2.45) is 5.92 Å². The lowest BCUT2D eigenvalue weighted by atomic mass is 9.72. The molecule has 5 heteroatoms. The summed E-state index contributed by atoms with van der Waals surface area (Å²) in [6.45, 7) is 0.912. The van der Waals surface area contributed by atoms with Crippen molar-refractivity contribution in [2.45, 2.75) is 36.9 Å². The van der Waals surface area contributed by atoms with E-state index in [-0.39, 0.29) is 11.8 Å². The van der Waals surface area contributed by atoms with Crippen molar-refractivity contribution in [3.8, 4) is 0 Å². The zero-order chi connectivity index (χ0) is 14.9. The molecule has 0 saturated carbocycles. The molecule has 2 fully saturated rings. The number of carbonyl (C=O) groups excluding carboxylic acids is 2. The van der Waals surface area contributed by atoms with Crippen LogP contribution in [0.25, 0.3) is 0 Å². The number of rotatable bonds is 0. The van der Waals surface area contributed by atoms with E-state index in [2.05, 4.69) is 11.4 Å². The Hall–Kier alpha value is -1.72. The summed E-state index contributed by atoms with van der Waals surface area (Å²) in [6, 6.07) is 6.03. The molecule has 5 rings (SSSR count). The fourth-order valence-corrected chi connectivity index (χ4v) is 5.04. The molecule has 2 unspecified atom stereocenters. The molecule has 1 aromatic carbocycles. The summed E-state index contributed by atoms with van der Waals surface area (Å²) in [6.07, 6.45) is 3.60. The smallest absolute Gasteiger partial charge is 0.238 e. The van der Waals surface area contributed by atoms with Crippen LogP contribution in [0.5, 0.6) is 0 Å². The van der Waals surface area contributed by atoms with Gasteiger partial charge in [0.05, 0.1) is 18.6 Å². The van der Waals surface area contributed by atoms with E-state index in [1.54, 1.807) is 0 Å².